The molecule has 19 heavy (non-hydrogen) atoms. The van der Waals surface area contributed by atoms with Crippen molar-refractivity contribution in [2.45, 2.75) is 26.4 Å². The predicted octanol–water partition coefficient (Wildman–Crippen LogP) is 2.41. The number of nitrogens with one attached hydrogen (secondary N) is 2. The third-order valence-corrected chi connectivity index (χ3v) is 3.09. The molecule has 0 aromatic carbocycles. The molecule has 2 N–H and O–H groups in total. The van der Waals surface area contributed by atoms with Crippen LogP contribution in [0.25, 0.3) is 11.3 Å². The van der Waals surface area contributed by atoms with Gasteiger partial charge in [-0.05, 0) is 25.3 Å². The second-order valence-electron chi connectivity index (χ2n) is 4.35. The third kappa shape index (κ3) is 3.75. The standard InChI is InChI=1S/C13H16N4OS/c1-9(2)17-13(18)16-7-11-12(15-5-4-14-11)10-3-6-19-8-10/h3-6,8-9H,7H2,1-2H3,(H2,16,17,18). The first kappa shape index (κ1) is 13.5. The maximum Gasteiger partial charge on any atom is 0.315 e. The van der Waals surface area contributed by atoms with Crippen LogP contribution in [0.3, 0.4) is 0 Å². The zero-order valence-corrected chi connectivity index (χ0v) is 11.7. The van der Waals surface area contributed by atoms with Crippen LogP contribution in [0.15, 0.2) is 29.2 Å². The summed E-state index contributed by atoms with van der Waals surface area (Å²) in [6.45, 7) is 4.19. The van der Waals surface area contributed by atoms with Gasteiger partial charge in [0.15, 0.2) is 0 Å². The van der Waals surface area contributed by atoms with Crippen LogP contribution in [-0.4, -0.2) is 22.0 Å². The topological polar surface area (TPSA) is 66.9 Å². The fourth-order valence-corrected chi connectivity index (χ4v) is 2.25. The van der Waals surface area contributed by atoms with Gasteiger partial charge in [-0.3, -0.25) is 9.97 Å². The van der Waals surface area contributed by atoms with Gasteiger partial charge in [0.05, 0.1) is 17.9 Å². The van der Waals surface area contributed by atoms with E-state index in [0.717, 1.165) is 17.0 Å². The third-order valence-electron chi connectivity index (χ3n) is 2.40. The van der Waals surface area contributed by atoms with Gasteiger partial charge in [-0.15, -0.1) is 0 Å². The highest BCUT2D eigenvalue weighted by Gasteiger charge is 2.09. The Hall–Kier alpha value is -1.95. The zero-order valence-electron chi connectivity index (χ0n) is 10.9. The molecule has 0 saturated heterocycles. The molecule has 0 radical (unpaired) electrons. The first-order valence-corrected chi connectivity index (χ1v) is 6.98. The van der Waals surface area contributed by atoms with Crippen molar-refractivity contribution in [1.82, 2.24) is 20.6 Å². The van der Waals surface area contributed by atoms with Crippen LogP contribution in [-0.2, 0) is 6.54 Å². The number of carbonyl (C=O) groups is 1. The van der Waals surface area contributed by atoms with Crippen LogP contribution in [0.1, 0.15) is 19.5 Å². The summed E-state index contributed by atoms with van der Waals surface area (Å²) < 4.78 is 0. The second-order valence-corrected chi connectivity index (χ2v) is 5.13. The van der Waals surface area contributed by atoms with Crippen molar-refractivity contribution < 1.29 is 4.79 Å². The number of thiophene rings is 1. The Bertz CT molecular complexity index is 539. The van der Waals surface area contributed by atoms with Crippen molar-refractivity contribution in [3.05, 3.63) is 34.9 Å². The summed E-state index contributed by atoms with van der Waals surface area (Å²) >= 11 is 1.61. The molecule has 2 aromatic heterocycles. The van der Waals surface area contributed by atoms with Gasteiger partial charge < -0.3 is 10.6 Å². The minimum Gasteiger partial charge on any atom is -0.336 e. The molecule has 2 rings (SSSR count). The molecule has 6 heteroatoms. The van der Waals surface area contributed by atoms with Gasteiger partial charge in [-0.2, -0.15) is 11.3 Å². The van der Waals surface area contributed by atoms with Gasteiger partial charge in [0.25, 0.3) is 0 Å². The van der Waals surface area contributed by atoms with Crippen LogP contribution in [0.5, 0.6) is 0 Å². The predicted molar refractivity (Wildman–Crippen MR) is 75.9 cm³/mol. The molecule has 2 amide bonds. The lowest BCUT2D eigenvalue weighted by Gasteiger charge is -2.11. The molecule has 0 unspecified atom stereocenters. The van der Waals surface area contributed by atoms with Crippen LogP contribution in [0.2, 0.25) is 0 Å². The maximum absolute atomic E-state index is 11.6. The fourth-order valence-electron chi connectivity index (χ4n) is 1.61. The minimum absolute atomic E-state index is 0.109. The molecule has 2 aromatic rings. The van der Waals surface area contributed by atoms with E-state index in [9.17, 15) is 4.79 Å². The lowest BCUT2D eigenvalue weighted by atomic mass is 10.2. The average molecular weight is 276 g/mol. The van der Waals surface area contributed by atoms with Crippen LogP contribution >= 0.6 is 11.3 Å². The van der Waals surface area contributed by atoms with E-state index in [1.165, 1.54) is 0 Å². The molecule has 0 aliphatic rings. The maximum atomic E-state index is 11.6. The monoisotopic (exact) mass is 276 g/mol. The molecule has 2 heterocycles. The normalized spacial score (nSPS) is 10.5. The summed E-state index contributed by atoms with van der Waals surface area (Å²) in [4.78, 5) is 20.2. The summed E-state index contributed by atoms with van der Waals surface area (Å²) in [6.07, 6.45) is 3.29. The number of rotatable bonds is 4. The van der Waals surface area contributed by atoms with Gasteiger partial charge >= 0.3 is 6.03 Å². The Labute approximate surface area is 116 Å². The van der Waals surface area contributed by atoms with Crippen LogP contribution < -0.4 is 10.6 Å². The minimum atomic E-state index is -0.197. The first-order chi connectivity index (χ1) is 9.16. The van der Waals surface area contributed by atoms with Gasteiger partial charge in [0, 0.05) is 29.4 Å². The van der Waals surface area contributed by atoms with Gasteiger partial charge in [-0.25, -0.2) is 4.79 Å². The van der Waals surface area contributed by atoms with Gasteiger partial charge in [0.2, 0.25) is 0 Å². The lowest BCUT2D eigenvalue weighted by Crippen LogP contribution is -2.39. The number of amides is 2. The van der Waals surface area contributed by atoms with E-state index in [1.54, 1.807) is 23.7 Å². The number of nitrogens with zero attached hydrogens (tertiary/aromatic N) is 2. The molecule has 0 fully saturated rings. The van der Waals surface area contributed by atoms with E-state index in [2.05, 4.69) is 20.6 Å². The molecule has 0 bridgehead atoms. The number of hydrogen-bond acceptors (Lipinski definition) is 4. The average Bonchev–Trinajstić information content (AvgIpc) is 2.89. The molecule has 100 valence electrons. The van der Waals surface area contributed by atoms with E-state index in [4.69, 9.17) is 0 Å². The van der Waals surface area contributed by atoms with Crippen molar-refractivity contribution in [1.29, 1.82) is 0 Å². The molecule has 0 aliphatic heterocycles. The Balaban J connectivity index is 2.07. The largest absolute Gasteiger partial charge is 0.336 e. The number of hydrogen-bond donors (Lipinski definition) is 2. The highest BCUT2D eigenvalue weighted by molar-refractivity contribution is 7.08. The van der Waals surface area contributed by atoms with Gasteiger partial charge in [-0.1, -0.05) is 0 Å². The molecule has 0 spiro atoms. The van der Waals surface area contributed by atoms with E-state index in [1.807, 2.05) is 30.7 Å². The van der Waals surface area contributed by atoms with E-state index in [0.29, 0.717) is 6.54 Å². The van der Waals surface area contributed by atoms with Crippen molar-refractivity contribution in [3.8, 4) is 11.3 Å². The van der Waals surface area contributed by atoms with Crippen LogP contribution in [0, 0.1) is 0 Å². The van der Waals surface area contributed by atoms with E-state index < -0.39 is 0 Å². The first-order valence-electron chi connectivity index (χ1n) is 6.03. The van der Waals surface area contributed by atoms with E-state index in [-0.39, 0.29) is 12.1 Å². The Morgan fingerprint density at radius 3 is 2.84 bits per heavy atom. The fraction of sp³-hybridized carbons (Fsp3) is 0.308. The summed E-state index contributed by atoms with van der Waals surface area (Å²) in [5.74, 6) is 0. The Kier molecular flexibility index (Phi) is 4.46. The van der Waals surface area contributed by atoms with Crippen molar-refractivity contribution in [2.75, 3.05) is 0 Å². The summed E-state index contributed by atoms with van der Waals surface area (Å²) in [7, 11) is 0. The summed E-state index contributed by atoms with van der Waals surface area (Å²) in [6, 6.07) is 1.90. The highest BCUT2D eigenvalue weighted by Crippen LogP contribution is 2.21. The Morgan fingerprint density at radius 2 is 2.16 bits per heavy atom. The molecular formula is C13H16N4OS. The SMILES string of the molecule is CC(C)NC(=O)NCc1nccnc1-c1ccsc1. The summed E-state index contributed by atoms with van der Waals surface area (Å²) in [5, 5.41) is 9.56. The lowest BCUT2D eigenvalue weighted by molar-refractivity contribution is 0.238. The molecule has 0 saturated carbocycles. The number of aromatic nitrogens is 2. The summed E-state index contributed by atoms with van der Waals surface area (Å²) in [5.41, 5.74) is 2.60. The van der Waals surface area contributed by atoms with Crippen molar-refractivity contribution in [3.63, 3.8) is 0 Å². The highest BCUT2D eigenvalue weighted by atomic mass is 32.1. The molecule has 0 atom stereocenters. The molecule has 0 aliphatic carbocycles. The number of carbonyl (C=O) groups excluding carboxylic acids is 1. The van der Waals surface area contributed by atoms with Crippen molar-refractivity contribution in [2.24, 2.45) is 0 Å². The van der Waals surface area contributed by atoms with Crippen molar-refractivity contribution >= 4 is 17.4 Å². The van der Waals surface area contributed by atoms with E-state index >= 15 is 0 Å². The zero-order chi connectivity index (χ0) is 13.7. The smallest absolute Gasteiger partial charge is 0.315 e. The van der Waals surface area contributed by atoms with Gasteiger partial charge in [0.1, 0.15) is 0 Å². The van der Waals surface area contributed by atoms with Crippen LogP contribution in [0.4, 0.5) is 4.79 Å². The molecular weight excluding hydrogens is 260 g/mol. The molecule has 5 nitrogen and oxygen atoms in total. The second kappa shape index (κ2) is 6.29. The Morgan fingerprint density at radius 1 is 1.37 bits per heavy atom. The quantitative estimate of drug-likeness (QED) is 0.901. The number of urea groups is 1.